The van der Waals surface area contributed by atoms with Crippen molar-refractivity contribution in [1.82, 2.24) is 19.7 Å². The summed E-state index contributed by atoms with van der Waals surface area (Å²) >= 11 is 1.34. The van der Waals surface area contributed by atoms with E-state index in [1.165, 1.54) is 17.8 Å². The van der Waals surface area contributed by atoms with Crippen LogP contribution in [0, 0.1) is 5.82 Å². The van der Waals surface area contributed by atoms with Gasteiger partial charge in [-0.05, 0) is 12.1 Å². The van der Waals surface area contributed by atoms with E-state index in [0.717, 1.165) is 5.39 Å². The van der Waals surface area contributed by atoms with Gasteiger partial charge < -0.3 is 5.43 Å². The Balaban J connectivity index is 1.90. The van der Waals surface area contributed by atoms with Crippen molar-refractivity contribution in [3.8, 4) is 0 Å². The van der Waals surface area contributed by atoms with Gasteiger partial charge in [-0.1, -0.05) is 12.1 Å². The molecule has 21 heavy (non-hydrogen) atoms. The van der Waals surface area contributed by atoms with Gasteiger partial charge in [-0.3, -0.25) is 4.68 Å². The second-order valence-corrected chi connectivity index (χ2v) is 5.37. The Kier molecular flexibility index (Phi) is 3.72. The summed E-state index contributed by atoms with van der Waals surface area (Å²) in [5.74, 6) is 6.75. The van der Waals surface area contributed by atoms with Gasteiger partial charge in [-0.2, -0.15) is 5.10 Å². The van der Waals surface area contributed by atoms with E-state index in [0.29, 0.717) is 27.9 Å². The fraction of sp³-hybridized carbons (Fsp3) is 0.154. The molecule has 0 aliphatic rings. The number of halogens is 1. The number of nitrogen functional groups attached to an aromatic ring is 1. The summed E-state index contributed by atoms with van der Waals surface area (Å²) in [5, 5.41) is 4.88. The minimum absolute atomic E-state index is 0.249. The molecule has 0 bridgehead atoms. The van der Waals surface area contributed by atoms with E-state index in [1.54, 1.807) is 36.1 Å². The average Bonchev–Trinajstić information content (AvgIpc) is 2.87. The van der Waals surface area contributed by atoms with Crippen LogP contribution in [0.1, 0.15) is 5.82 Å². The van der Waals surface area contributed by atoms with E-state index in [-0.39, 0.29) is 5.82 Å². The Bertz CT molecular complexity index is 787. The molecule has 0 unspecified atom stereocenters. The first-order chi connectivity index (χ1) is 10.2. The summed E-state index contributed by atoms with van der Waals surface area (Å²) < 4.78 is 15.2. The highest BCUT2D eigenvalue weighted by molar-refractivity contribution is 7.98. The molecule has 0 fully saturated rings. The van der Waals surface area contributed by atoms with Gasteiger partial charge in [0.05, 0.1) is 17.3 Å². The summed E-state index contributed by atoms with van der Waals surface area (Å²) in [6.45, 7) is 0. The zero-order valence-electron chi connectivity index (χ0n) is 11.2. The highest BCUT2D eigenvalue weighted by Gasteiger charge is 2.11. The number of benzene rings is 1. The molecule has 3 N–H and O–H groups in total. The van der Waals surface area contributed by atoms with Gasteiger partial charge in [0.15, 0.2) is 11.5 Å². The van der Waals surface area contributed by atoms with Crippen molar-refractivity contribution in [3.63, 3.8) is 0 Å². The van der Waals surface area contributed by atoms with Crippen LogP contribution in [0.4, 0.5) is 10.2 Å². The molecule has 8 heteroatoms. The number of fused-ring (bicyclic) bond motifs is 1. The lowest BCUT2D eigenvalue weighted by Gasteiger charge is -2.06. The maximum absolute atomic E-state index is 13.6. The summed E-state index contributed by atoms with van der Waals surface area (Å²) in [6, 6.07) is 6.61. The second kappa shape index (κ2) is 5.66. The van der Waals surface area contributed by atoms with Gasteiger partial charge in [0.1, 0.15) is 11.6 Å². The van der Waals surface area contributed by atoms with Crippen molar-refractivity contribution in [2.75, 3.05) is 5.43 Å². The molecule has 0 amide bonds. The van der Waals surface area contributed by atoms with Crippen LogP contribution in [0.3, 0.4) is 0 Å². The number of aromatic nitrogens is 4. The van der Waals surface area contributed by atoms with Crippen LogP contribution in [0.15, 0.2) is 35.4 Å². The number of aryl methyl sites for hydroxylation is 1. The topological polar surface area (TPSA) is 81.7 Å². The number of nitrogens with zero attached hydrogens (tertiary/aromatic N) is 4. The molecule has 108 valence electrons. The molecule has 0 aliphatic heterocycles. The molecule has 3 aromatic rings. The molecule has 2 heterocycles. The monoisotopic (exact) mass is 304 g/mol. The molecule has 1 aromatic carbocycles. The zero-order valence-corrected chi connectivity index (χ0v) is 12.1. The first kappa shape index (κ1) is 13.8. The van der Waals surface area contributed by atoms with Crippen LogP contribution in [-0.4, -0.2) is 19.7 Å². The van der Waals surface area contributed by atoms with Crippen LogP contribution >= 0.6 is 11.8 Å². The summed E-state index contributed by atoms with van der Waals surface area (Å²) in [5.41, 5.74) is 3.23. The summed E-state index contributed by atoms with van der Waals surface area (Å²) in [4.78, 5) is 9.34. The molecular weight excluding hydrogens is 291 g/mol. The van der Waals surface area contributed by atoms with Crippen molar-refractivity contribution < 1.29 is 4.39 Å². The molecular formula is C13H13FN6S. The molecule has 0 spiro atoms. The number of anilines is 1. The zero-order chi connectivity index (χ0) is 14.8. The molecule has 6 nitrogen and oxygen atoms in total. The number of rotatable bonds is 4. The predicted molar refractivity (Wildman–Crippen MR) is 80.1 cm³/mol. The maximum Gasteiger partial charge on any atom is 0.163 e. The first-order valence-electron chi connectivity index (χ1n) is 6.21. The largest absolute Gasteiger partial charge is 0.308 e. The third-order valence-electron chi connectivity index (χ3n) is 2.97. The van der Waals surface area contributed by atoms with Gasteiger partial charge in [-0.15, -0.1) is 11.8 Å². The Morgan fingerprint density at radius 3 is 2.90 bits per heavy atom. The van der Waals surface area contributed by atoms with Crippen LogP contribution in [0.25, 0.3) is 11.0 Å². The molecule has 0 radical (unpaired) electrons. The van der Waals surface area contributed by atoms with Gasteiger partial charge in [0.2, 0.25) is 0 Å². The van der Waals surface area contributed by atoms with Crippen molar-refractivity contribution in [2.24, 2.45) is 12.9 Å². The van der Waals surface area contributed by atoms with Gasteiger partial charge in [0, 0.05) is 11.9 Å². The number of thioether (sulfide) groups is 1. The summed E-state index contributed by atoms with van der Waals surface area (Å²) in [7, 11) is 1.80. The average molecular weight is 304 g/mol. The van der Waals surface area contributed by atoms with E-state index in [2.05, 4.69) is 20.5 Å². The second-order valence-electron chi connectivity index (χ2n) is 4.36. The number of hydrogen-bond donors (Lipinski definition) is 2. The highest BCUT2D eigenvalue weighted by Crippen LogP contribution is 2.26. The minimum atomic E-state index is -0.249. The van der Waals surface area contributed by atoms with Crippen LogP contribution in [0.2, 0.25) is 0 Å². The lowest BCUT2D eigenvalue weighted by Crippen LogP contribution is -2.11. The summed E-state index contributed by atoms with van der Waals surface area (Å²) in [6.07, 6.45) is 1.65. The lowest BCUT2D eigenvalue weighted by atomic mass is 10.3. The third kappa shape index (κ3) is 2.67. The van der Waals surface area contributed by atoms with Gasteiger partial charge >= 0.3 is 0 Å². The quantitative estimate of drug-likeness (QED) is 0.436. The number of nitrogens with two attached hydrogens (primary N) is 1. The lowest BCUT2D eigenvalue weighted by molar-refractivity contribution is 0.602. The van der Waals surface area contributed by atoms with E-state index in [1.807, 2.05) is 0 Å². The Morgan fingerprint density at radius 2 is 2.14 bits per heavy atom. The Labute approximate surface area is 124 Å². The van der Waals surface area contributed by atoms with E-state index < -0.39 is 0 Å². The number of hydrogen-bond acceptors (Lipinski definition) is 6. The van der Waals surface area contributed by atoms with Crippen molar-refractivity contribution >= 4 is 28.6 Å². The van der Waals surface area contributed by atoms with Crippen molar-refractivity contribution in [3.05, 3.63) is 42.1 Å². The number of nitrogens with one attached hydrogen (secondary N) is 1. The van der Waals surface area contributed by atoms with Crippen molar-refractivity contribution in [1.29, 1.82) is 0 Å². The van der Waals surface area contributed by atoms with Gasteiger partial charge in [0.25, 0.3) is 0 Å². The Morgan fingerprint density at radius 1 is 1.33 bits per heavy atom. The van der Waals surface area contributed by atoms with E-state index >= 15 is 0 Å². The molecule has 0 aliphatic carbocycles. The fourth-order valence-corrected chi connectivity index (χ4v) is 2.74. The predicted octanol–water partition coefficient (Wildman–Crippen LogP) is 2.08. The molecule has 0 atom stereocenters. The van der Waals surface area contributed by atoms with Crippen LogP contribution in [-0.2, 0) is 12.8 Å². The van der Waals surface area contributed by atoms with Gasteiger partial charge in [-0.25, -0.2) is 20.2 Å². The SMILES string of the molecule is Cn1ncc2c(NN)nc(CSc3ccccc3F)nc21. The van der Waals surface area contributed by atoms with Crippen LogP contribution < -0.4 is 11.3 Å². The molecule has 3 rings (SSSR count). The molecule has 0 saturated heterocycles. The van der Waals surface area contributed by atoms with E-state index in [9.17, 15) is 4.39 Å². The minimum Gasteiger partial charge on any atom is -0.308 e. The molecule has 0 saturated carbocycles. The van der Waals surface area contributed by atoms with E-state index in [4.69, 9.17) is 5.84 Å². The Hall–Kier alpha value is -2.19. The maximum atomic E-state index is 13.6. The first-order valence-corrected chi connectivity index (χ1v) is 7.20. The normalized spacial score (nSPS) is 11.0. The number of hydrazine groups is 1. The highest BCUT2D eigenvalue weighted by atomic mass is 32.2. The van der Waals surface area contributed by atoms with Crippen molar-refractivity contribution in [2.45, 2.75) is 10.6 Å². The standard InChI is InChI=1S/C13H13FN6S/c1-20-13-8(6-16-20)12(19-15)17-11(18-13)7-21-10-5-3-2-4-9(10)14/h2-6H,7,15H2,1H3,(H,17,18,19). The smallest absolute Gasteiger partial charge is 0.163 e. The fourth-order valence-electron chi connectivity index (χ4n) is 1.95. The third-order valence-corrected chi connectivity index (χ3v) is 4.01. The van der Waals surface area contributed by atoms with Crippen LogP contribution in [0.5, 0.6) is 0 Å². The molecule has 2 aromatic heterocycles.